The van der Waals surface area contributed by atoms with E-state index in [0.29, 0.717) is 24.7 Å². The van der Waals surface area contributed by atoms with E-state index in [0.717, 1.165) is 17.2 Å². The Bertz CT molecular complexity index is 1560. The average Bonchev–Trinajstić information content (AvgIpc) is 3.02. The molecule has 0 aromatic heterocycles. The molecule has 214 valence electrons. The summed E-state index contributed by atoms with van der Waals surface area (Å²) in [7, 11) is 0. The number of aliphatic hydroxyl groups excluding tert-OH is 1. The van der Waals surface area contributed by atoms with Crippen LogP contribution < -0.4 is 9.47 Å². The summed E-state index contributed by atoms with van der Waals surface area (Å²) in [5.41, 5.74) is 1.68. The highest BCUT2D eigenvalue weighted by Crippen LogP contribution is 2.30. The molecule has 0 saturated carbocycles. The maximum absolute atomic E-state index is 11.7. The summed E-state index contributed by atoms with van der Waals surface area (Å²) in [4.78, 5) is 32.4. The molecule has 0 amide bonds. The molecule has 0 aliphatic carbocycles. The number of carbonyl (C=O) groups excluding carboxylic acids is 1. The van der Waals surface area contributed by atoms with Gasteiger partial charge in [0.1, 0.15) is 36.4 Å². The summed E-state index contributed by atoms with van der Waals surface area (Å²) >= 11 is 0. The van der Waals surface area contributed by atoms with Gasteiger partial charge in [0, 0.05) is 12.1 Å². The number of benzene rings is 4. The van der Waals surface area contributed by atoms with Gasteiger partial charge in [-0.15, -0.1) is 6.58 Å². The van der Waals surface area contributed by atoms with Gasteiger partial charge in [0.15, 0.2) is 5.78 Å². The summed E-state index contributed by atoms with van der Waals surface area (Å²) in [6.45, 7) is 7.46. The predicted molar refractivity (Wildman–Crippen MR) is 157 cm³/mol. The van der Waals surface area contributed by atoms with Crippen molar-refractivity contribution in [1.82, 2.24) is 0 Å². The van der Waals surface area contributed by atoms with Crippen LogP contribution in [0.1, 0.15) is 33.2 Å². The molecule has 0 heterocycles. The molecule has 1 unspecified atom stereocenters. The third-order valence-electron chi connectivity index (χ3n) is 5.85. The molecule has 4 rings (SSSR count). The minimum atomic E-state index is -1.11. The van der Waals surface area contributed by atoms with Crippen molar-refractivity contribution in [1.29, 1.82) is 0 Å². The van der Waals surface area contributed by atoms with Crippen LogP contribution in [0.4, 0.5) is 11.4 Å². The molecule has 0 fully saturated rings. The van der Waals surface area contributed by atoms with Gasteiger partial charge < -0.3 is 14.6 Å². The molecule has 4 aromatic rings. The number of nitro groups is 2. The zero-order chi connectivity index (χ0) is 30.5. The lowest BCUT2D eigenvalue weighted by Gasteiger charge is -2.10. The van der Waals surface area contributed by atoms with Gasteiger partial charge in [-0.1, -0.05) is 73.3 Å². The van der Waals surface area contributed by atoms with Crippen LogP contribution in [0.25, 0.3) is 0 Å². The molecule has 42 heavy (non-hydrogen) atoms. The summed E-state index contributed by atoms with van der Waals surface area (Å²) in [6, 6.07) is 27.5. The van der Waals surface area contributed by atoms with Gasteiger partial charge in [0.2, 0.25) is 0 Å². The zero-order valence-electron chi connectivity index (χ0n) is 22.5. The number of nitro benzene ring substituents is 2. The van der Waals surface area contributed by atoms with Crippen molar-refractivity contribution in [3.8, 4) is 11.5 Å². The van der Waals surface area contributed by atoms with Gasteiger partial charge in [-0.05, 0) is 41.5 Å². The number of aliphatic hydroxyl groups is 1. The SMILES string of the molecule is C=CC(=O)c1cc(OCc2ccccc2)ccc1[N+](=O)[O-].C=CC(O)c1cc(OCc2ccccc2)ccc1[N+](=O)[O-]. The van der Waals surface area contributed by atoms with E-state index in [9.17, 15) is 30.1 Å². The van der Waals surface area contributed by atoms with Crippen molar-refractivity contribution in [3.63, 3.8) is 0 Å². The van der Waals surface area contributed by atoms with Crippen LogP contribution in [-0.4, -0.2) is 20.7 Å². The molecular weight excluding hydrogens is 540 g/mol. The Morgan fingerprint density at radius 2 is 1.24 bits per heavy atom. The number of carbonyl (C=O) groups is 1. The van der Waals surface area contributed by atoms with E-state index in [-0.39, 0.29) is 22.5 Å². The van der Waals surface area contributed by atoms with E-state index < -0.39 is 21.7 Å². The van der Waals surface area contributed by atoms with E-state index in [2.05, 4.69) is 13.2 Å². The Morgan fingerprint density at radius 3 is 1.69 bits per heavy atom. The molecule has 0 saturated heterocycles. The van der Waals surface area contributed by atoms with E-state index in [1.807, 2.05) is 60.7 Å². The highest BCUT2D eigenvalue weighted by atomic mass is 16.6. The Kier molecular flexibility index (Phi) is 11.2. The van der Waals surface area contributed by atoms with Crippen molar-refractivity contribution in [3.05, 3.63) is 165 Å². The third kappa shape index (κ3) is 8.70. The van der Waals surface area contributed by atoms with Crippen LogP contribution in [0, 0.1) is 20.2 Å². The lowest BCUT2D eigenvalue weighted by Crippen LogP contribution is -2.02. The largest absolute Gasteiger partial charge is 0.489 e. The fraction of sp³-hybridized carbons (Fsp3) is 0.0938. The first-order chi connectivity index (χ1) is 20.2. The topological polar surface area (TPSA) is 142 Å². The van der Waals surface area contributed by atoms with Crippen molar-refractivity contribution in [2.45, 2.75) is 19.3 Å². The van der Waals surface area contributed by atoms with Gasteiger partial charge in [-0.2, -0.15) is 0 Å². The van der Waals surface area contributed by atoms with E-state index in [1.165, 1.54) is 42.5 Å². The molecule has 1 atom stereocenters. The van der Waals surface area contributed by atoms with Gasteiger partial charge >= 0.3 is 0 Å². The normalized spacial score (nSPS) is 10.8. The highest BCUT2D eigenvalue weighted by molar-refractivity contribution is 6.07. The Morgan fingerprint density at radius 1 is 0.762 bits per heavy atom. The smallest absolute Gasteiger partial charge is 0.280 e. The standard InChI is InChI=1S/C16H15NO4.C16H13NO4/c2*1-2-16(18)14-10-13(8-9-15(14)17(19)20)21-11-12-6-4-3-5-7-12/h2-10,16,18H,1,11H2;2-10H,1,11H2. The first-order valence-electron chi connectivity index (χ1n) is 12.6. The number of hydrogen-bond acceptors (Lipinski definition) is 8. The number of hydrogen-bond donors (Lipinski definition) is 1. The van der Waals surface area contributed by atoms with Crippen LogP contribution in [0.2, 0.25) is 0 Å². The predicted octanol–water partition coefficient (Wildman–Crippen LogP) is 6.94. The molecule has 0 radical (unpaired) electrons. The molecule has 0 bridgehead atoms. The second-order valence-corrected chi connectivity index (χ2v) is 8.71. The minimum Gasteiger partial charge on any atom is -0.489 e. The lowest BCUT2D eigenvalue weighted by molar-refractivity contribution is -0.386. The van der Waals surface area contributed by atoms with Crippen LogP contribution in [0.15, 0.2) is 122 Å². The zero-order valence-corrected chi connectivity index (χ0v) is 22.5. The molecule has 0 aliphatic heterocycles. The van der Waals surface area contributed by atoms with Crippen LogP contribution in [0.5, 0.6) is 11.5 Å². The quantitative estimate of drug-likeness (QED) is 0.0637. The number of nitrogens with zero attached hydrogens (tertiary/aromatic N) is 2. The Labute approximate surface area is 242 Å². The summed E-state index contributed by atoms with van der Waals surface area (Å²) in [5, 5.41) is 31.7. The highest BCUT2D eigenvalue weighted by Gasteiger charge is 2.20. The maximum atomic E-state index is 11.7. The van der Waals surface area contributed by atoms with Crippen molar-refractivity contribution >= 4 is 17.2 Å². The molecule has 4 aromatic carbocycles. The van der Waals surface area contributed by atoms with Crippen LogP contribution >= 0.6 is 0 Å². The maximum Gasteiger partial charge on any atom is 0.280 e. The van der Waals surface area contributed by atoms with E-state index in [4.69, 9.17) is 9.47 Å². The lowest BCUT2D eigenvalue weighted by atomic mass is 10.1. The molecule has 0 spiro atoms. The fourth-order valence-electron chi connectivity index (χ4n) is 3.71. The first kappa shape index (κ1) is 30.9. The second-order valence-electron chi connectivity index (χ2n) is 8.71. The molecule has 10 nitrogen and oxygen atoms in total. The van der Waals surface area contributed by atoms with E-state index >= 15 is 0 Å². The number of ether oxygens (including phenoxy) is 2. The van der Waals surface area contributed by atoms with E-state index in [1.54, 1.807) is 0 Å². The number of ketones is 1. The van der Waals surface area contributed by atoms with Gasteiger partial charge in [0.05, 0.1) is 15.4 Å². The Hall–Kier alpha value is -5.61. The van der Waals surface area contributed by atoms with Crippen molar-refractivity contribution in [2.24, 2.45) is 0 Å². The van der Waals surface area contributed by atoms with Crippen molar-refractivity contribution in [2.75, 3.05) is 0 Å². The van der Waals surface area contributed by atoms with Crippen LogP contribution in [-0.2, 0) is 13.2 Å². The monoisotopic (exact) mass is 568 g/mol. The fourth-order valence-corrected chi connectivity index (χ4v) is 3.71. The Balaban J connectivity index is 0.000000230. The molecule has 1 N–H and O–H groups in total. The van der Waals surface area contributed by atoms with Gasteiger partial charge in [-0.25, -0.2) is 0 Å². The van der Waals surface area contributed by atoms with Crippen LogP contribution in [0.3, 0.4) is 0 Å². The molecular formula is C32H28N2O8. The summed E-state index contributed by atoms with van der Waals surface area (Å²) < 4.78 is 11.1. The average molecular weight is 569 g/mol. The third-order valence-corrected chi connectivity index (χ3v) is 5.85. The first-order valence-corrected chi connectivity index (χ1v) is 12.6. The molecule has 0 aliphatic rings. The molecule has 10 heteroatoms. The van der Waals surface area contributed by atoms with Gasteiger partial charge in [-0.3, -0.25) is 25.0 Å². The number of rotatable bonds is 12. The van der Waals surface area contributed by atoms with Crippen molar-refractivity contribution < 1.29 is 29.2 Å². The summed E-state index contributed by atoms with van der Waals surface area (Å²) in [6.07, 6.45) is 1.18. The number of allylic oxidation sites excluding steroid dienone is 1. The second kappa shape index (κ2) is 15.2. The minimum absolute atomic E-state index is 0.0273. The summed E-state index contributed by atoms with van der Waals surface area (Å²) in [5.74, 6) is 0.349. The van der Waals surface area contributed by atoms with Gasteiger partial charge in [0.25, 0.3) is 11.4 Å².